The Morgan fingerprint density at radius 3 is 2.71 bits per heavy atom. The Morgan fingerprint density at radius 1 is 1.11 bits per heavy atom. The molecule has 7 unspecified atom stereocenters. The van der Waals surface area contributed by atoms with Crippen molar-refractivity contribution < 1.29 is 33.7 Å². The lowest BCUT2D eigenvalue weighted by molar-refractivity contribution is -0.178. The first-order valence-electron chi connectivity index (χ1n) is 12.2. The fourth-order valence-corrected chi connectivity index (χ4v) is 6.94. The van der Waals surface area contributed by atoms with Gasteiger partial charge < -0.3 is 24.6 Å². The Balaban J connectivity index is 1.50. The van der Waals surface area contributed by atoms with Crippen LogP contribution in [0, 0.1) is 17.8 Å². The van der Waals surface area contributed by atoms with Crippen molar-refractivity contribution in [1.82, 2.24) is 5.32 Å². The molecule has 0 aromatic heterocycles. The monoisotopic (exact) mass is 525 g/mol. The first-order chi connectivity index (χ1) is 16.8. The van der Waals surface area contributed by atoms with Gasteiger partial charge in [-0.25, -0.2) is 0 Å². The quantitative estimate of drug-likeness (QED) is 0.457. The second kappa shape index (κ2) is 9.69. The molecule has 1 saturated heterocycles. The molecule has 1 spiro atoms. The molecule has 2 aliphatic carbocycles. The molecular weight excluding hydrogens is 497 g/mol. The second-order valence-corrected chi connectivity index (χ2v) is 10.5. The van der Waals surface area contributed by atoms with Gasteiger partial charge in [0.2, 0.25) is 5.91 Å². The molecule has 5 rings (SSSR count). The minimum Gasteiger partial charge on any atom is -0.508 e. The Hall–Kier alpha value is -2.19. The van der Waals surface area contributed by atoms with Gasteiger partial charge in [-0.2, -0.15) is 0 Å². The molecule has 2 heterocycles. The summed E-state index contributed by atoms with van der Waals surface area (Å²) in [5.74, 6) is -1.37. The largest absolute Gasteiger partial charge is 0.508 e. The highest BCUT2D eigenvalue weighted by Gasteiger charge is 2.65. The number of benzene rings is 1. The number of nitrogens with one attached hydrogen (secondary N) is 1. The summed E-state index contributed by atoms with van der Waals surface area (Å²) in [5, 5.41) is 13.1. The van der Waals surface area contributed by atoms with Gasteiger partial charge in [-0.15, -0.1) is 23.2 Å². The summed E-state index contributed by atoms with van der Waals surface area (Å²) in [7, 11) is 0. The van der Waals surface area contributed by atoms with Crippen LogP contribution in [0.4, 0.5) is 0 Å². The van der Waals surface area contributed by atoms with Crippen LogP contribution in [0.15, 0.2) is 18.2 Å². The van der Waals surface area contributed by atoms with Crippen molar-refractivity contribution in [2.75, 3.05) is 11.8 Å². The van der Waals surface area contributed by atoms with Crippen molar-refractivity contribution in [2.45, 2.75) is 68.8 Å². The number of alkyl halides is 2. The number of phenolic OH excluding ortho intramolecular Hbond substituents is 1. The number of phenols is 1. The molecule has 10 heteroatoms. The molecule has 8 nitrogen and oxygen atoms in total. The van der Waals surface area contributed by atoms with Crippen LogP contribution in [-0.2, 0) is 29.5 Å². The number of hydrogen-bond acceptors (Lipinski definition) is 7. The van der Waals surface area contributed by atoms with Crippen molar-refractivity contribution in [3.05, 3.63) is 23.8 Å². The van der Waals surface area contributed by atoms with Gasteiger partial charge in [0.1, 0.15) is 35.5 Å². The predicted molar refractivity (Wildman–Crippen MR) is 126 cm³/mol. The lowest BCUT2D eigenvalue weighted by atomic mass is 9.61. The Labute approximate surface area is 213 Å². The van der Waals surface area contributed by atoms with Crippen LogP contribution in [0.1, 0.15) is 50.5 Å². The molecule has 0 radical (unpaired) electrons. The number of hydrogen-bond donors (Lipinski definition) is 2. The maximum absolute atomic E-state index is 13.4. The molecule has 3 fully saturated rings. The third kappa shape index (κ3) is 4.33. The highest BCUT2D eigenvalue weighted by atomic mass is 35.5. The van der Waals surface area contributed by atoms with Crippen molar-refractivity contribution in [3.8, 4) is 11.5 Å². The zero-order chi connectivity index (χ0) is 24.7. The zero-order valence-corrected chi connectivity index (χ0v) is 20.7. The molecular formula is C25H29Cl2NO7. The molecule has 35 heavy (non-hydrogen) atoms. The number of rotatable bonds is 4. The third-order valence-electron chi connectivity index (χ3n) is 8.07. The van der Waals surface area contributed by atoms with Crippen LogP contribution >= 0.6 is 23.2 Å². The van der Waals surface area contributed by atoms with E-state index in [1.807, 2.05) is 0 Å². The van der Waals surface area contributed by atoms with Crippen molar-refractivity contribution in [2.24, 2.45) is 17.8 Å². The zero-order valence-electron chi connectivity index (χ0n) is 19.2. The first kappa shape index (κ1) is 24.5. The third-order valence-corrected chi connectivity index (χ3v) is 8.53. The molecule has 190 valence electrons. The number of carbonyl (C=O) groups is 3. The summed E-state index contributed by atoms with van der Waals surface area (Å²) in [4.78, 5) is 37.1. The van der Waals surface area contributed by atoms with E-state index in [0.717, 1.165) is 24.8 Å². The van der Waals surface area contributed by atoms with Crippen molar-refractivity contribution in [1.29, 1.82) is 0 Å². The van der Waals surface area contributed by atoms with E-state index < -0.39 is 11.6 Å². The van der Waals surface area contributed by atoms with Gasteiger partial charge in [-0.05, 0) is 44.2 Å². The molecule has 2 N–H and O–H groups in total. The number of fused-ring (bicyclic) bond motifs is 6. The lowest BCUT2D eigenvalue weighted by Gasteiger charge is -2.51. The van der Waals surface area contributed by atoms with Crippen molar-refractivity contribution in [3.63, 3.8) is 0 Å². The Kier molecular flexibility index (Phi) is 6.79. The lowest BCUT2D eigenvalue weighted by Crippen LogP contribution is -2.55. The van der Waals surface area contributed by atoms with E-state index in [2.05, 4.69) is 5.32 Å². The average Bonchev–Trinajstić information content (AvgIpc) is 2.97. The fourth-order valence-electron chi connectivity index (χ4n) is 6.80. The van der Waals surface area contributed by atoms with Crippen LogP contribution in [0.3, 0.4) is 0 Å². The first-order valence-corrected chi connectivity index (χ1v) is 13.3. The highest BCUT2D eigenvalue weighted by Crippen LogP contribution is 2.61. The Bertz CT molecular complexity index is 1020. The minimum atomic E-state index is -0.902. The summed E-state index contributed by atoms with van der Waals surface area (Å²) < 4.78 is 18.2. The smallest absolute Gasteiger partial charge is 0.321 e. The number of amides is 1. The van der Waals surface area contributed by atoms with Crippen LogP contribution in [-0.4, -0.2) is 53.0 Å². The Morgan fingerprint density at radius 2 is 1.94 bits per heavy atom. The van der Waals surface area contributed by atoms with Gasteiger partial charge in [-0.1, -0.05) is 6.42 Å². The molecule has 2 saturated carbocycles. The van der Waals surface area contributed by atoms with E-state index in [1.165, 1.54) is 0 Å². The average molecular weight is 526 g/mol. The van der Waals surface area contributed by atoms with Crippen LogP contribution in [0.5, 0.6) is 11.5 Å². The van der Waals surface area contributed by atoms with E-state index in [1.54, 1.807) is 18.2 Å². The highest BCUT2D eigenvalue weighted by molar-refractivity contribution is 6.27. The van der Waals surface area contributed by atoms with Gasteiger partial charge in [0.15, 0.2) is 5.60 Å². The molecule has 1 aromatic rings. The number of carbonyl (C=O) groups excluding carboxylic acids is 3. The second-order valence-electron chi connectivity index (χ2n) is 9.99. The maximum Gasteiger partial charge on any atom is 0.321 e. The van der Waals surface area contributed by atoms with E-state index in [0.29, 0.717) is 31.4 Å². The SMILES string of the molecule is O=C(CCl)NC1CCCC2C(C1)C(=O)OC21c2ccc(O)cc2OC2CC(OC(=O)CCl)CCC21. The predicted octanol–water partition coefficient (Wildman–Crippen LogP) is 3.39. The van der Waals surface area contributed by atoms with Crippen LogP contribution < -0.4 is 10.1 Å². The van der Waals surface area contributed by atoms with E-state index in [4.69, 9.17) is 37.4 Å². The number of halogens is 2. The molecule has 4 aliphatic rings. The summed E-state index contributed by atoms with van der Waals surface area (Å²) in [5.41, 5.74) is -0.127. The summed E-state index contributed by atoms with van der Waals surface area (Å²) in [6.45, 7) is 0. The van der Waals surface area contributed by atoms with Gasteiger partial charge in [0.05, 0.1) is 5.92 Å². The van der Waals surface area contributed by atoms with Gasteiger partial charge in [-0.3, -0.25) is 14.4 Å². The van der Waals surface area contributed by atoms with E-state index >= 15 is 0 Å². The van der Waals surface area contributed by atoms with Crippen molar-refractivity contribution >= 4 is 41.0 Å². The molecule has 1 amide bonds. The normalized spacial score (nSPS) is 35.5. The summed E-state index contributed by atoms with van der Waals surface area (Å²) in [6.07, 6.45) is 3.88. The fraction of sp³-hybridized carbons (Fsp3) is 0.640. The standard InChI is InChI=1S/C25H29Cl2NO7/c26-11-22(30)28-13-2-1-3-17-16(8-13)24(32)35-25(17)18-6-4-14(29)9-20(18)34-21-10-15(5-7-19(21)25)33-23(31)12-27/h4,6,9,13,15-17,19,21,29H,1-3,5,7-8,10-12H2,(H,28,30). The summed E-state index contributed by atoms with van der Waals surface area (Å²) in [6, 6.07) is 4.82. The number of ether oxygens (including phenoxy) is 3. The molecule has 0 bridgehead atoms. The van der Waals surface area contributed by atoms with Gasteiger partial charge in [0, 0.05) is 35.9 Å². The van der Waals surface area contributed by atoms with E-state index in [-0.39, 0.29) is 65.4 Å². The topological polar surface area (TPSA) is 111 Å². The number of esters is 2. The summed E-state index contributed by atoms with van der Waals surface area (Å²) >= 11 is 11.3. The maximum atomic E-state index is 13.4. The van der Waals surface area contributed by atoms with Gasteiger partial charge in [0.25, 0.3) is 0 Å². The van der Waals surface area contributed by atoms with E-state index in [9.17, 15) is 19.5 Å². The molecule has 7 atom stereocenters. The van der Waals surface area contributed by atoms with Gasteiger partial charge >= 0.3 is 11.9 Å². The molecule has 1 aromatic carbocycles. The number of aromatic hydroxyl groups is 1. The minimum absolute atomic E-state index is 0.0591. The molecule has 2 aliphatic heterocycles. The van der Waals surface area contributed by atoms with Crippen LogP contribution in [0.2, 0.25) is 0 Å². The van der Waals surface area contributed by atoms with Crippen LogP contribution in [0.25, 0.3) is 0 Å².